The second-order valence-corrected chi connectivity index (χ2v) is 7.58. The monoisotopic (exact) mass is 284 g/mol. The molecule has 114 valence electrons. The van der Waals surface area contributed by atoms with Crippen molar-refractivity contribution < 1.29 is 0 Å². The van der Waals surface area contributed by atoms with E-state index in [1.54, 1.807) is 11.1 Å². The molecule has 2 atom stereocenters. The van der Waals surface area contributed by atoms with E-state index in [4.69, 9.17) is 0 Å². The number of hydrogen-bond acceptors (Lipinski definition) is 2. The third-order valence-corrected chi connectivity index (χ3v) is 6.19. The van der Waals surface area contributed by atoms with E-state index in [1.165, 1.54) is 58.2 Å². The summed E-state index contributed by atoms with van der Waals surface area (Å²) < 4.78 is 0. The largest absolute Gasteiger partial charge is 0.313 e. The molecule has 0 aromatic heterocycles. The van der Waals surface area contributed by atoms with Gasteiger partial charge in [-0.1, -0.05) is 24.3 Å². The van der Waals surface area contributed by atoms with Crippen molar-refractivity contribution in [1.82, 2.24) is 10.2 Å². The minimum atomic E-state index is 0.500. The Kier molecular flexibility index (Phi) is 3.55. The van der Waals surface area contributed by atoms with Crippen molar-refractivity contribution in [2.45, 2.75) is 50.0 Å². The van der Waals surface area contributed by atoms with Crippen LogP contribution < -0.4 is 5.32 Å². The molecule has 21 heavy (non-hydrogen) atoms. The molecular formula is C19H28N2. The van der Waals surface area contributed by atoms with Crippen molar-refractivity contribution in [3.8, 4) is 0 Å². The van der Waals surface area contributed by atoms with E-state index in [0.29, 0.717) is 5.41 Å². The summed E-state index contributed by atoms with van der Waals surface area (Å²) in [6, 6.07) is 9.94. The quantitative estimate of drug-likeness (QED) is 0.918. The molecule has 4 rings (SSSR count). The molecule has 1 aliphatic heterocycles. The second-order valence-electron chi connectivity index (χ2n) is 7.58. The maximum atomic E-state index is 3.92. The Balaban J connectivity index is 1.38. The number of benzene rings is 1. The molecule has 2 heteroatoms. The highest BCUT2D eigenvalue weighted by Crippen LogP contribution is 2.55. The van der Waals surface area contributed by atoms with Gasteiger partial charge in [0.1, 0.15) is 0 Å². The van der Waals surface area contributed by atoms with Gasteiger partial charge in [-0.3, -0.25) is 0 Å². The number of nitrogens with one attached hydrogen (secondary N) is 1. The van der Waals surface area contributed by atoms with Crippen molar-refractivity contribution in [2.24, 2.45) is 5.92 Å². The van der Waals surface area contributed by atoms with Gasteiger partial charge >= 0.3 is 0 Å². The van der Waals surface area contributed by atoms with Gasteiger partial charge in [0.2, 0.25) is 0 Å². The molecule has 1 heterocycles. The molecule has 0 unspecified atom stereocenters. The molecule has 2 nitrogen and oxygen atoms in total. The fourth-order valence-electron chi connectivity index (χ4n) is 4.67. The van der Waals surface area contributed by atoms with E-state index in [9.17, 15) is 0 Å². The number of rotatable bonds is 3. The molecule has 2 fully saturated rings. The van der Waals surface area contributed by atoms with Gasteiger partial charge in [0.05, 0.1) is 0 Å². The molecule has 0 amide bonds. The Morgan fingerprint density at radius 2 is 2.05 bits per heavy atom. The van der Waals surface area contributed by atoms with Crippen molar-refractivity contribution in [3.63, 3.8) is 0 Å². The molecule has 1 aromatic rings. The van der Waals surface area contributed by atoms with Crippen LogP contribution in [0.4, 0.5) is 0 Å². The predicted molar refractivity (Wildman–Crippen MR) is 87.7 cm³/mol. The van der Waals surface area contributed by atoms with Crippen LogP contribution in [0, 0.1) is 5.92 Å². The molecule has 2 aliphatic carbocycles. The first kappa shape index (κ1) is 13.8. The minimum Gasteiger partial charge on any atom is -0.313 e. The van der Waals surface area contributed by atoms with Crippen molar-refractivity contribution in [1.29, 1.82) is 0 Å². The third-order valence-electron chi connectivity index (χ3n) is 6.19. The Morgan fingerprint density at radius 3 is 2.90 bits per heavy atom. The van der Waals surface area contributed by atoms with E-state index in [1.807, 2.05) is 0 Å². The first-order valence-corrected chi connectivity index (χ1v) is 8.78. The molecule has 0 bridgehead atoms. The fourth-order valence-corrected chi connectivity index (χ4v) is 4.67. The maximum absolute atomic E-state index is 3.92. The van der Waals surface area contributed by atoms with Crippen molar-refractivity contribution >= 4 is 0 Å². The van der Waals surface area contributed by atoms with Crippen LogP contribution in [0.15, 0.2) is 24.3 Å². The first-order chi connectivity index (χ1) is 10.3. The smallest absolute Gasteiger partial charge is 0.0174 e. The van der Waals surface area contributed by atoms with Crippen molar-refractivity contribution in [3.05, 3.63) is 35.4 Å². The van der Waals surface area contributed by atoms with Gasteiger partial charge in [0.15, 0.2) is 0 Å². The molecule has 1 saturated heterocycles. The molecule has 1 spiro atoms. The van der Waals surface area contributed by atoms with Crippen LogP contribution in [0.2, 0.25) is 0 Å². The lowest BCUT2D eigenvalue weighted by molar-refractivity contribution is 0.215. The first-order valence-electron chi connectivity index (χ1n) is 8.78. The van der Waals surface area contributed by atoms with Crippen molar-refractivity contribution in [2.75, 3.05) is 26.7 Å². The van der Waals surface area contributed by atoms with Gasteiger partial charge in [-0.05, 0) is 82.3 Å². The van der Waals surface area contributed by atoms with Gasteiger partial charge < -0.3 is 10.2 Å². The summed E-state index contributed by atoms with van der Waals surface area (Å²) in [5.41, 5.74) is 3.78. The zero-order chi connectivity index (χ0) is 14.3. The van der Waals surface area contributed by atoms with E-state index >= 15 is 0 Å². The number of fused-ring (bicyclic) bond motifs is 2. The van der Waals surface area contributed by atoms with Crippen LogP contribution in [-0.4, -0.2) is 37.6 Å². The standard InChI is InChI=1S/C19H28N2/c1-21-11-8-15(9-12-21)14-20-18-13-19(18)10-4-6-16-5-2-3-7-17(16)19/h2-3,5,7,15,18,20H,4,6,8-14H2,1H3/t18-,19-/m1/s1. The summed E-state index contributed by atoms with van der Waals surface area (Å²) in [5.74, 6) is 0.901. The summed E-state index contributed by atoms with van der Waals surface area (Å²) in [6.07, 6.45) is 8.19. The average Bonchev–Trinajstić information content (AvgIpc) is 3.21. The summed E-state index contributed by atoms with van der Waals surface area (Å²) in [4.78, 5) is 2.46. The Labute approximate surface area is 128 Å². The van der Waals surface area contributed by atoms with Crippen LogP contribution in [0.3, 0.4) is 0 Å². The molecule has 1 aromatic carbocycles. The molecule has 1 N–H and O–H groups in total. The zero-order valence-corrected chi connectivity index (χ0v) is 13.3. The predicted octanol–water partition coefficient (Wildman–Crippen LogP) is 2.96. The SMILES string of the molecule is CN1CCC(CN[C@@H]2C[C@@]23CCCc2ccccc23)CC1. The highest BCUT2D eigenvalue weighted by Gasteiger charge is 2.56. The Hall–Kier alpha value is -0.860. The van der Waals surface area contributed by atoms with Crippen LogP contribution in [0.25, 0.3) is 0 Å². The van der Waals surface area contributed by atoms with E-state index < -0.39 is 0 Å². The van der Waals surface area contributed by atoms with Gasteiger partial charge in [0, 0.05) is 11.5 Å². The van der Waals surface area contributed by atoms with E-state index in [2.05, 4.69) is 41.5 Å². The molecule has 1 saturated carbocycles. The topological polar surface area (TPSA) is 15.3 Å². The van der Waals surface area contributed by atoms with Gasteiger partial charge in [0.25, 0.3) is 0 Å². The summed E-state index contributed by atoms with van der Waals surface area (Å²) in [6.45, 7) is 3.80. The van der Waals surface area contributed by atoms with Crippen LogP contribution in [0.5, 0.6) is 0 Å². The van der Waals surface area contributed by atoms with E-state index in [0.717, 1.165) is 12.0 Å². The lowest BCUT2D eigenvalue weighted by Gasteiger charge is -2.30. The zero-order valence-electron chi connectivity index (χ0n) is 13.3. The normalized spacial score (nSPS) is 33.1. The van der Waals surface area contributed by atoms with Crippen LogP contribution in [-0.2, 0) is 11.8 Å². The molecule has 3 aliphatic rings. The van der Waals surface area contributed by atoms with Gasteiger partial charge in [-0.25, -0.2) is 0 Å². The number of hydrogen-bond donors (Lipinski definition) is 1. The lowest BCUT2D eigenvalue weighted by Crippen LogP contribution is -2.37. The summed E-state index contributed by atoms with van der Waals surface area (Å²) in [5, 5.41) is 3.92. The number of likely N-dealkylation sites (tertiary alicyclic amines) is 1. The molecule has 0 radical (unpaired) electrons. The lowest BCUT2D eigenvalue weighted by atomic mass is 9.79. The highest BCUT2D eigenvalue weighted by atomic mass is 15.1. The number of piperidine rings is 1. The van der Waals surface area contributed by atoms with E-state index in [-0.39, 0.29) is 0 Å². The Bertz CT molecular complexity index is 504. The van der Waals surface area contributed by atoms with Gasteiger partial charge in [-0.2, -0.15) is 0 Å². The average molecular weight is 284 g/mol. The number of nitrogens with zero attached hydrogens (tertiary/aromatic N) is 1. The Morgan fingerprint density at radius 1 is 1.24 bits per heavy atom. The molecular weight excluding hydrogens is 256 g/mol. The maximum Gasteiger partial charge on any atom is 0.0174 e. The van der Waals surface area contributed by atoms with Gasteiger partial charge in [-0.15, -0.1) is 0 Å². The number of aryl methyl sites for hydroxylation is 1. The highest BCUT2D eigenvalue weighted by molar-refractivity contribution is 5.44. The van der Waals surface area contributed by atoms with Crippen LogP contribution in [0.1, 0.15) is 43.2 Å². The summed E-state index contributed by atoms with van der Waals surface area (Å²) in [7, 11) is 2.25. The second kappa shape index (κ2) is 5.40. The third kappa shape index (κ3) is 2.53. The van der Waals surface area contributed by atoms with Crippen LogP contribution >= 0.6 is 0 Å². The minimum absolute atomic E-state index is 0.500. The summed E-state index contributed by atoms with van der Waals surface area (Å²) >= 11 is 0. The fraction of sp³-hybridized carbons (Fsp3) is 0.684.